The van der Waals surface area contributed by atoms with E-state index in [-0.39, 0.29) is 11.8 Å². The number of rotatable bonds is 3. The van der Waals surface area contributed by atoms with Crippen LogP contribution in [0.1, 0.15) is 28.8 Å². The van der Waals surface area contributed by atoms with Gasteiger partial charge in [0.15, 0.2) is 0 Å². The van der Waals surface area contributed by atoms with Gasteiger partial charge in [-0.15, -0.1) is 0 Å². The smallest absolute Gasteiger partial charge is 0.340 e. The highest BCUT2D eigenvalue weighted by molar-refractivity contribution is 5.97. The molecule has 1 aliphatic heterocycles. The van der Waals surface area contributed by atoms with Gasteiger partial charge in [0, 0.05) is 30.4 Å². The third-order valence-corrected chi connectivity index (χ3v) is 4.04. The fourth-order valence-electron chi connectivity index (χ4n) is 2.66. The summed E-state index contributed by atoms with van der Waals surface area (Å²) in [7, 11) is 1.34. The number of nitrogen functional groups attached to an aromatic ring is 1. The third kappa shape index (κ3) is 3.09. The van der Waals surface area contributed by atoms with Crippen molar-refractivity contribution >= 4 is 23.3 Å². The standard InChI is InChI=1S/C15H21N3O3/c1-9-7-11(8-12(13(9)16)15(20)21-2)18-5-3-10(4-6-18)14(17)19/h7-8,10H,3-6,16H2,1-2H3,(H2,17,19). The summed E-state index contributed by atoms with van der Waals surface area (Å²) in [5.41, 5.74) is 13.9. The molecule has 4 N–H and O–H groups in total. The van der Waals surface area contributed by atoms with Crippen LogP contribution in [-0.4, -0.2) is 32.1 Å². The van der Waals surface area contributed by atoms with Gasteiger partial charge in [-0.1, -0.05) is 0 Å². The SMILES string of the molecule is COC(=O)c1cc(N2CCC(C(N)=O)CC2)cc(C)c1N. The maximum absolute atomic E-state index is 11.8. The molecule has 0 bridgehead atoms. The van der Waals surface area contributed by atoms with Gasteiger partial charge < -0.3 is 21.1 Å². The van der Waals surface area contributed by atoms with Crippen molar-refractivity contribution in [2.45, 2.75) is 19.8 Å². The number of nitrogens with zero attached hydrogens (tertiary/aromatic N) is 1. The molecule has 0 aliphatic carbocycles. The first-order valence-corrected chi connectivity index (χ1v) is 6.96. The zero-order valence-electron chi connectivity index (χ0n) is 12.4. The minimum atomic E-state index is -0.440. The summed E-state index contributed by atoms with van der Waals surface area (Å²) in [6, 6.07) is 3.70. The molecular weight excluding hydrogens is 270 g/mol. The van der Waals surface area contributed by atoms with Crippen molar-refractivity contribution in [2.24, 2.45) is 11.7 Å². The van der Waals surface area contributed by atoms with Gasteiger partial charge in [-0.25, -0.2) is 4.79 Å². The Morgan fingerprint density at radius 1 is 1.29 bits per heavy atom. The Morgan fingerprint density at radius 2 is 1.90 bits per heavy atom. The molecule has 6 nitrogen and oxygen atoms in total. The van der Waals surface area contributed by atoms with Crippen molar-refractivity contribution in [2.75, 3.05) is 30.8 Å². The molecule has 1 fully saturated rings. The van der Waals surface area contributed by atoms with E-state index in [2.05, 4.69) is 4.90 Å². The number of esters is 1. The molecule has 1 aromatic rings. The molecule has 21 heavy (non-hydrogen) atoms. The molecule has 1 amide bonds. The summed E-state index contributed by atoms with van der Waals surface area (Å²) in [5.74, 6) is -0.737. The first-order chi connectivity index (χ1) is 9.93. The van der Waals surface area contributed by atoms with E-state index < -0.39 is 5.97 Å². The van der Waals surface area contributed by atoms with Crippen LogP contribution in [0.15, 0.2) is 12.1 Å². The van der Waals surface area contributed by atoms with Crippen molar-refractivity contribution in [3.8, 4) is 0 Å². The van der Waals surface area contributed by atoms with Crippen LogP contribution in [0.2, 0.25) is 0 Å². The van der Waals surface area contributed by atoms with Gasteiger partial charge in [-0.3, -0.25) is 4.79 Å². The molecule has 1 saturated heterocycles. The number of hydrogen-bond donors (Lipinski definition) is 2. The second-order valence-corrected chi connectivity index (χ2v) is 5.38. The molecule has 0 unspecified atom stereocenters. The van der Waals surface area contributed by atoms with Crippen molar-refractivity contribution in [1.82, 2.24) is 0 Å². The fourth-order valence-corrected chi connectivity index (χ4v) is 2.66. The summed E-state index contributed by atoms with van der Waals surface area (Å²) in [6.45, 7) is 3.33. The molecule has 2 rings (SSSR count). The number of carbonyl (C=O) groups excluding carboxylic acids is 2. The normalized spacial score (nSPS) is 15.8. The Hall–Kier alpha value is -2.24. The lowest BCUT2D eigenvalue weighted by molar-refractivity contribution is -0.122. The number of amides is 1. The Morgan fingerprint density at radius 3 is 2.43 bits per heavy atom. The van der Waals surface area contributed by atoms with Crippen LogP contribution in [0.4, 0.5) is 11.4 Å². The molecule has 6 heteroatoms. The lowest BCUT2D eigenvalue weighted by atomic mass is 9.95. The van der Waals surface area contributed by atoms with Crippen molar-refractivity contribution in [1.29, 1.82) is 0 Å². The van der Waals surface area contributed by atoms with Crippen LogP contribution in [0.5, 0.6) is 0 Å². The van der Waals surface area contributed by atoms with Crippen molar-refractivity contribution in [3.05, 3.63) is 23.3 Å². The number of benzene rings is 1. The van der Waals surface area contributed by atoms with Gasteiger partial charge >= 0.3 is 5.97 Å². The van der Waals surface area contributed by atoms with E-state index in [0.717, 1.165) is 37.2 Å². The van der Waals surface area contributed by atoms with Crippen LogP contribution in [0.25, 0.3) is 0 Å². The summed E-state index contributed by atoms with van der Waals surface area (Å²) in [4.78, 5) is 25.1. The van der Waals surface area contributed by atoms with E-state index >= 15 is 0 Å². The molecule has 0 spiro atoms. The number of nitrogens with two attached hydrogens (primary N) is 2. The number of carbonyl (C=O) groups is 2. The minimum absolute atomic E-state index is 0.0591. The molecule has 0 saturated carbocycles. The zero-order valence-corrected chi connectivity index (χ0v) is 12.4. The maximum Gasteiger partial charge on any atom is 0.340 e. The Labute approximate surface area is 124 Å². The zero-order chi connectivity index (χ0) is 15.6. The second-order valence-electron chi connectivity index (χ2n) is 5.38. The van der Waals surface area contributed by atoms with Gasteiger partial charge in [0.05, 0.1) is 12.7 Å². The van der Waals surface area contributed by atoms with Crippen LogP contribution in [0.3, 0.4) is 0 Å². The Kier molecular flexibility index (Phi) is 4.35. The van der Waals surface area contributed by atoms with E-state index in [0.29, 0.717) is 11.3 Å². The van der Waals surface area contributed by atoms with Crippen LogP contribution in [-0.2, 0) is 9.53 Å². The average molecular weight is 291 g/mol. The molecule has 1 aliphatic rings. The predicted octanol–water partition coefficient (Wildman–Crippen LogP) is 1.07. The van der Waals surface area contributed by atoms with Crippen LogP contribution < -0.4 is 16.4 Å². The lowest BCUT2D eigenvalue weighted by Crippen LogP contribution is -2.38. The first-order valence-electron chi connectivity index (χ1n) is 6.96. The van der Waals surface area contributed by atoms with E-state index in [1.807, 2.05) is 13.0 Å². The lowest BCUT2D eigenvalue weighted by Gasteiger charge is -2.33. The number of piperidine rings is 1. The predicted molar refractivity (Wildman–Crippen MR) is 81.1 cm³/mol. The number of anilines is 2. The summed E-state index contributed by atoms with van der Waals surface area (Å²) in [6.07, 6.45) is 1.46. The first kappa shape index (κ1) is 15.2. The topological polar surface area (TPSA) is 98.6 Å². The van der Waals surface area contributed by atoms with E-state index in [9.17, 15) is 9.59 Å². The minimum Gasteiger partial charge on any atom is -0.465 e. The highest BCUT2D eigenvalue weighted by atomic mass is 16.5. The number of hydrogen-bond acceptors (Lipinski definition) is 5. The molecule has 1 aromatic carbocycles. The quantitative estimate of drug-likeness (QED) is 0.641. The van der Waals surface area contributed by atoms with E-state index in [1.165, 1.54) is 7.11 Å². The van der Waals surface area contributed by atoms with Crippen molar-refractivity contribution in [3.63, 3.8) is 0 Å². The number of methoxy groups -OCH3 is 1. The molecule has 1 heterocycles. The fraction of sp³-hybridized carbons (Fsp3) is 0.467. The Balaban J connectivity index is 2.23. The number of ether oxygens (including phenoxy) is 1. The number of primary amides is 1. The summed E-state index contributed by atoms with van der Waals surface area (Å²) >= 11 is 0. The van der Waals surface area contributed by atoms with Gasteiger partial charge in [0.2, 0.25) is 5.91 Å². The summed E-state index contributed by atoms with van der Waals surface area (Å²) in [5, 5.41) is 0. The monoisotopic (exact) mass is 291 g/mol. The van der Waals surface area contributed by atoms with Gasteiger partial charge in [0.25, 0.3) is 0 Å². The van der Waals surface area contributed by atoms with E-state index in [1.54, 1.807) is 6.07 Å². The molecule has 114 valence electrons. The average Bonchev–Trinajstić information content (AvgIpc) is 2.49. The molecule has 0 aromatic heterocycles. The molecule has 0 atom stereocenters. The number of aryl methyl sites for hydroxylation is 1. The highest BCUT2D eigenvalue weighted by Gasteiger charge is 2.24. The van der Waals surface area contributed by atoms with Crippen LogP contribution >= 0.6 is 0 Å². The van der Waals surface area contributed by atoms with Gasteiger partial charge in [0.1, 0.15) is 0 Å². The van der Waals surface area contributed by atoms with Gasteiger partial charge in [-0.05, 0) is 37.5 Å². The van der Waals surface area contributed by atoms with Crippen LogP contribution in [0, 0.1) is 12.8 Å². The largest absolute Gasteiger partial charge is 0.465 e. The Bertz CT molecular complexity index is 564. The molecule has 0 radical (unpaired) electrons. The summed E-state index contributed by atoms with van der Waals surface area (Å²) < 4.78 is 4.76. The molecular formula is C15H21N3O3. The van der Waals surface area contributed by atoms with Crippen molar-refractivity contribution < 1.29 is 14.3 Å². The van der Waals surface area contributed by atoms with Gasteiger partial charge in [-0.2, -0.15) is 0 Å². The third-order valence-electron chi connectivity index (χ3n) is 4.04. The van der Waals surface area contributed by atoms with E-state index in [4.69, 9.17) is 16.2 Å². The highest BCUT2D eigenvalue weighted by Crippen LogP contribution is 2.29. The second kappa shape index (κ2) is 6.03. The maximum atomic E-state index is 11.8.